The fourth-order valence-electron chi connectivity index (χ4n) is 2.95. The van der Waals surface area contributed by atoms with Gasteiger partial charge in [0.15, 0.2) is 0 Å². The van der Waals surface area contributed by atoms with E-state index < -0.39 is 16.1 Å². The molecule has 0 N–H and O–H groups in total. The molecule has 0 radical (unpaired) electrons. The van der Waals surface area contributed by atoms with Crippen molar-refractivity contribution >= 4 is 26.8 Å². The predicted octanol–water partition coefficient (Wildman–Crippen LogP) is 3.71. The van der Waals surface area contributed by atoms with Crippen LogP contribution in [0.2, 0.25) is 39.3 Å². The Hall–Kier alpha value is -1.21. The maximum absolute atomic E-state index is 4.62. The summed E-state index contributed by atoms with van der Waals surface area (Å²) in [6, 6.07) is 8.98. The quantitative estimate of drug-likeness (QED) is 0.779. The van der Waals surface area contributed by atoms with E-state index in [1.54, 1.807) is 0 Å². The molecule has 0 aliphatic carbocycles. The van der Waals surface area contributed by atoms with Crippen LogP contribution in [0, 0.1) is 0 Å². The Morgan fingerprint density at radius 3 is 1.83 bits per heavy atom. The fraction of sp³-hybridized carbons (Fsp3) is 0.579. The SMILES string of the molecule is CC(C)(C)c1ccc(Cn2nnc([Si](C)(C)C)c2[Si](C)(C)C)cc1. The van der Waals surface area contributed by atoms with E-state index in [0.29, 0.717) is 0 Å². The first-order valence-corrected chi connectivity index (χ1v) is 15.8. The van der Waals surface area contributed by atoms with E-state index in [1.807, 2.05) is 0 Å². The number of benzene rings is 1. The van der Waals surface area contributed by atoms with Crippen molar-refractivity contribution in [1.82, 2.24) is 15.0 Å². The summed E-state index contributed by atoms with van der Waals surface area (Å²) in [4.78, 5) is 0. The van der Waals surface area contributed by atoms with E-state index in [0.717, 1.165) is 6.54 Å². The summed E-state index contributed by atoms with van der Waals surface area (Å²) >= 11 is 0. The van der Waals surface area contributed by atoms with Crippen LogP contribution in [0.25, 0.3) is 0 Å². The van der Waals surface area contributed by atoms with Crippen LogP contribution in [0.3, 0.4) is 0 Å². The van der Waals surface area contributed by atoms with Gasteiger partial charge in [-0.15, -0.1) is 5.10 Å². The van der Waals surface area contributed by atoms with E-state index >= 15 is 0 Å². The first-order chi connectivity index (χ1) is 10.8. The molecule has 0 amide bonds. The lowest BCUT2D eigenvalue weighted by atomic mass is 9.87. The summed E-state index contributed by atoms with van der Waals surface area (Å²) in [6.45, 7) is 21.9. The summed E-state index contributed by atoms with van der Waals surface area (Å²) in [6.07, 6.45) is 0. The van der Waals surface area contributed by atoms with Gasteiger partial charge in [0.25, 0.3) is 0 Å². The monoisotopic (exact) mass is 359 g/mol. The molecule has 0 saturated carbocycles. The van der Waals surface area contributed by atoms with Crippen LogP contribution in [0.5, 0.6) is 0 Å². The molecule has 1 aromatic heterocycles. The van der Waals surface area contributed by atoms with Crippen molar-refractivity contribution in [1.29, 1.82) is 0 Å². The van der Waals surface area contributed by atoms with Crippen LogP contribution in [-0.2, 0) is 12.0 Å². The van der Waals surface area contributed by atoms with Gasteiger partial charge < -0.3 is 0 Å². The molecule has 3 nitrogen and oxygen atoms in total. The molecular formula is C19H33N3Si2. The Morgan fingerprint density at radius 1 is 0.875 bits per heavy atom. The smallest absolute Gasteiger partial charge is 0.106 e. The number of hydrogen-bond acceptors (Lipinski definition) is 2. The van der Waals surface area contributed by atoms with E-state index in [4.69, 9.17) is 0 Å². The molecule has 132 valence electrons. The zero-order chi connectivity index (χ0) is 18.3. The third-order valence-corrected chi connectivity index (χ3v) is 8.23. The van der Waals surface area contributed by atoms with Crippen LogP contribution in [0.4, 0.5) is 0 Å². The summed E-state index contributed by atoms with van der Waals surface area (Å²) < 4.78 is 2.17. The summed E-state index contributed by atoms with van der Waals surface area (Å²) in [5.41, 5.74) is 2.87. The average molecular weight is 360 g/mol. The highest BCUT2D eigenvalue weighted by Crippen LogP contribution is 2.22. The Kier molecular flexibility index (Phi) is 4.99. The molecule has 0 saturated heterocycles. The summed E-state index contributed by atoms with van der Waals surface area (Å²) in [5, 5.41) is 11.9. The van der Waals surface area contributed by atoms with Crippen molar-refractivity contribution in [3.8, 4) is 0 Å². The fourth-order valence-corrected chi connectivity index (χ4v) is 8.05. The minimum atomic E-state index is -1.50. The molecule has 2 rings (SSSR count). The minimum absolute atomic E-state index is 0.195. The van der Waals surface area contributed by atoms with Gasteiger partial charge in [-0.2, -0.15) is 0 Å². The van der Waals surface area contributed by atoms with E-state index in [-0.39, 0.29) is 5.41 Å². The molecule has 0 bridgehead atoms. The zero-order valence-electron chi connectivity index (χ0n) is 16.9. The molecule has 0 unspecified atom stereocenters. The Labute approximate surface area is 149 Å². The van der Waals surface area contributed by atoms with Gasteiger partial charge in [0.2, 0.25) is 0 Å². The van der Waals surface area contributed by atoms with Crippen molar-refractivity contribution in [2.75, 3.05) is 0 Å². The predicted molar refractivity (Wildman–Crippen MR) is 110 cm³/mol. The Balaban J connectivity index is 2.39. The van der Waals surface area contributed by atoms with Gasteiger partial charge in [-0.25, -0.2) is 4.68 Å². The van der Waals surface area contributed by atoms with E-state index in [1.165, 1.54) is 21.8 Å². The van der Waals surface area contributed by atoms with Gasteiger partial charge in [0.05, 0.1) is 11.9 Å². The second-order valence-electron chi connectivity index (χ2n) is 9.89. The molecule has 0 atom stereocenters. The molecule has 2 aromatic rings. The average Bonchev–Trinajstić information content (AvgIpc) is 2.82. The lowest BCUT2D eigenvalue weighted by molar-refractivity contribution is 0.589. The highest BCUT2D eigenvalue weighted by Gasteiger charge is 2.33. The van der Waals surface area contributed by atoms with Crippen LogP contribution in [0.15, 0.2) is 24.3 Å². The minimum Gasteiger partial charge on any atom is -0.250 e. The number of rotatable bonds is 4. The highest BCUT2D eigenvalue weighted by molar-refractivity contribution is 6.97. The second kappa shape index (κ2) is 6.26. The molecular weight excluding hydrogens is 326 g/mol. The molecule has 0 spiro atoms. The van der Waals surface area contributed by atoms with Crippen LogP contribution in [0.1, 0.15) is 31.9 Å². The third kappa shape index (κ3) is 4.25. The standard InChI is InChI=1S/C19H33N3Si2/c1-19(2,3)16-12-10-15(11-13-16)14-22-18(24(7,8)9)17(20-21-22)23(4,5)6/h10-13H,14H2,1-9H3. The van der Waals surface area contributed by atoms with Crippen molar-refractivity contribution in [2.24, 2.45) is 0 Å². The first kappa shape index (κ1) is 19.1. The molecule has 5 heteroatoms. The lowest BCUT2D eigenvalue weighted by Crippen LogP contribution is -2.58. The molecule has 0 aliphatic heterocycles. The van der Waals surface area contributed by atoms with Crippen molar-refractivity contribution in [2.45, 2.75) is 72.0 Å². The van der Waals surface area contributed by atoms with Gasteiger partial charge >= 0.3 is 0 Å². The van der Waals surface area contributed by atoms with Gasteiger partial charge in [-0.05, 0) is 16.5 Å². The largest absolute Gasteiger partial charge is 0.250 e. The van der Waals surface area contributed by atoms with Crippen molar-refractivity contribution in [3.63, 3.8) is 0 Å². The third-order valence-electron chi connectivity index (χ3n) is 4.31. The number of aromatic nitrogens is 3. The molecule has 0 aliphatic rings. The van der Waals surface area contributed by atoms with Gasteiger partial charge in [0.1, 0.15) is 16.1 Å². The molecule has 24 heavy (non-hydrogen) atoms. The maximum Gasteiger partial charge on any atom is 0.106 e. The molecule has 1 aromatic carbocycles. The number of hydrogen-bond donors (Lipinski definition) is 0. The Morgan fingerprint density at radius 2 is 1.42 bits per heavy atom. The van der Waals surface area contributed by atoms with E-state index in [9.17, 15) is 0 Å². The zero-order valence-corrected chi connectivity index (χ0v) is 18.9. The van der Waals surface area contributed by atoms with Crippen LogP contribution in [-0.4, -0.2) is 31.1 Å². The number of nitrogens with zero attached hydrogens (tertiary/aromatic N) is 3. The summed E-state index contributed by atoms with van der Waals surface area (Å²) in [5.74, 6) is 0. The highest BCUT2D eigenvalue weighted by atomic mass is 28.3. The van der Waals surface area contributed by atoms with Gasteiger partial charge in [-0.1, -0.05) is 89.5 Å². The van der Waals surface area contributed by atoms with Crippen LogP contribution < -0.4 is 10.6 Å². The van der Waals surface area contributed by atoms with Crippen molar-refractivity contribution in [3.05, 3.63) is 35.4 Å². The maximum atomic E-state index is 4.62. The summed E-state index contributed by atoms with van der Waals surface area (Å²) in [7, 11) is -2.98. The van der Waals surface area contributed by atoms with Gasteiger partial charge in [-0.3, -0.25) is 0 Å². The first-order valence-electron chi connectivity index (χ1n) is 8.84. The molecule has 0 fully saturated rings. The van der Waals surface area contributed by atoms with Gasteiger partial charge in [0, 0.05) is 5.32 Å². The second-order valence-corrected chi connectivity index (χ2v) is 19.8. The topological polar surface area (TPSA) is 30.7 Å². The van der Waals surface area contributed by atoms with Crippen LogP contribution >= 0.6 is 0 Å². The molecule has 1 heterocycles. The lowest BCUT2D eigenvalue weighted by Gasteiger charge is -2.24. The van der Waals surface area contributed by atoms with E-state index in [2.05, 4.69) is 99.3 Å². The van der Waals surface area contributed by atoms with Crippen molar-refractivity contribution < 1.29 is 0 Å². The normalized spacial score (nSPS) is 13.4. The Bertz CT molecular complexity index is 696.